The number of anilines is 1. The fourth-order valence-electron chi connectivity index (χ4n) is 3.66. The van der Waals surface area contributed by atoms with E-state index in [-0.39, 0.29) is 5.91 Å². The van der Waals surface area contributed by atoms with Crippen LogP contribution in [0.3, 0.4) is 0 Å². The van der Waals surface area contributed by atoms with Crippen LogP contribution in [0.5, 0.6) is 0 Å². The van der Waals surface area contributed by atoms with E-state index >= 15 is 0 Å². The fourth-order valence-corrected chi connectivity index (χ4v) is 4.70. The van der Waals surface area contributed by atoms with Crippen molar-refractivity contribution in [1.29, 1.82) is 5.26 Å². The summed E-state index contributed by atoms with van der Waals surface area (Å²) in [5.74, 6) is -0.0284. The van der Waals surface area contributed by atoms with Gasteiger partial charge >= 0.3 is 0 Å². The molecule has 0 aliphatic carbocycles. The molecule has 0 radical (unpaired) electrons. The topological polar surface area (TPSA) is 77.8 Å². The highest BCUT2D eigenvalue weighted by Crippen LogP contribution is 2.41. The molecule has 3 aromatic rings. The molecule has 1 unspecified atom stereocenters. The number of benzene rings is 2. The Labute approximate surface area is 191 Å². The predicted molar refractivity (Wildman–Crippen MR) is 128 cm³/mol. The van der Waals surface area contributed by atoms with Crippen molar-refractivity contribution >= 4 is 23.4 Å². The predicted octanol–water partition coefficient (Wildman–Crippen LogP) is 5.35. The highest BCUT2D eigenvalue weighted by atomic mass is 32.2. The van der Waals surface area contributed by atoms with Crippen LogP contribution in [0, 0.1) is 11.3 Å². The fraction of sp³-hybridized carbons (Fsp3) is 0.115. The summed E-state index contributed by atoms with van der Waals surface area (Å²) in [6.45, 7) is 1.88. The van der Waals surface area contributed by atoms with Crippen LogP contribution in [0.1, 0.15) is 24.0 Å². The molecule has 5 nitrogen and oxygen atoms in total. The number of nitrogens with one attached hydrogen (secondary N) is 2. The first-order valence-corrected chi connectivity index (χ1v) is 11.2. The van der Waals surface area contributed by atoms with Gasteiger partial charge in [0.15, 0.2) is 0 Å². The molecule has 2 aromatic carbocycles. The average Bonchev–Trinajstić information content (AvgIpc) is 2.84. The summed E-state index contributed by atoms with van der Waals surface area (Å²) in [5, 5.41) is 17.2. The van der Waals surface area contributed by atoms with Crippen molar-refractivity contribution in [3.63, 3.8) is 0 Å². The molecule has 1 aromatic heterocycles. The van der Waals surface area contributed by atoms with E-state index in [1.807, 2.05) is 67.6 Å². The molecule has 2 heterocycles. The Morgan fingerprint density at radius 3 is 2.47 bits per heavy atom. The molecule has 0 fully saturated rings. The number of rotatable bonds is 6. The maximum Gasteiger partial charge on any atom is 0.254 e. The lowest BCUT2D eigenvalue weighted by molar-refractivity contribution is -0.113. The maximum atomic E-state index is 13.3. The number of nitrogens with zero attached hydrogens (tertiary/aromatic N) is 2. The standard InChI is InChI=1S/C26H22N4OS/c1-18-23(25(31)30-21-12-6-3-7-13-21)24(20-11-8-14-28-16-20)22(15-27)26(29-18)32-17-19-9-4-2-5-10-19/h2-14,16,24,29H,17H2,1H3,(H,30,31). The van der Waals surface area contributed by atoms with Gasteiger partial charge in [0.2, 0.25) is 0 Å². The van der Waals surface area contributed by atoms with Crippen molar-refractivity contribution in [2.45, 2.75) is 18.6 Å². The number of carbonyl (C=O) groups is 1. The first kappa shape index (κ1) is 21.4. The molecule has 0 bridgehead atoms. The lowest BCUT2D eigenvalue weighted by atomic mass is 9.83. The lowest BCUT2D eigenvalue weighted by Crippen LogP contribution is -2.30. The molecular weight excluding hydrogens is 416 g/mol. The summed E-state index contributed by atoms with van der Waals surface area (Å²) in [6, 6.07) is 25.5. The Morgan fingerprint density at radius 1 is 1.09 bits per heavy atom. The zero-order valence-corrected chi connectivity index (χ0v) is 18.4. The van der Waals surface area contributed by atoms with Crippen molar-refractivity contribution in [3.05, 3.63) is 118 Å². The monoisotopic (exact) mass is 438 g/mol. The molecule has 6 heteroatoms. The Hall–Kier alpha value is -3.82. The van der Waals surface area contributed by atoms with Crippen LogP contribution in [0.2, 0.25) is 0 Å². The van der Waals surface area contributed by atoms with E-state index in [9.17, 15) is 10.1 Å². The highest BCUT2D eigenvalue weighted by Gasteiger charge is 2.34. The van der Waals surface area contributed by atoms with Gasteiger partial charge in [-0.05, 0) is 36.2 Å². The summed E-state index contributed by atoms with van der Waals surface area (Å²) >= 11 is 1.56. The number of allylic oxidation sites excluding steroid dienone is 2. The first-order chi connectivity index (χ1) is 15.7. The molecular formula is C26H22N4OS. The normalized spacial score (nSPS) is 15.7. The largest absolute Gasteiger partial charge is 0.353 e. The SMILES string of the molecule is CC1=C(C(=O)Nc2ccccc2)C(c2cccnc2)C(C#N)=C(SCc2ccccc2)N1. The van der Waals surface area contributed by atoms with Crippen LogP contribution >= 0.6 is 11.8 Å². The van der Waals surface area contributed by atoms with E-state index in [0.29, 0.717) is 22.6 Å². The lowest BCUT2D eigenvalue weighted by Gasteiger charge is -2.29. The summed E-state index contributed by atoms with van der Waals surface area (Å²) in [6.07, 6.45) is 3.40. The minimum Gasteiger partial charge on any atom is -0.353 e. The van der Waals surface area contributed by atoms with Gasteiger partial charge in [-0.1, -0.05) is 54.6 Å². The Balaban J connectivity index is 1.70. The third-order valence-electron chi connectivity index (χ3n) is 5.17. The number of hydrogen-bond acceptors (Lipinski definition) is 5. The molecule has 1 aliphatic rings. The van der Waals surface area contributed by atoms with Gasteiger partial charge in [0.05, 0.1) is 22.6 Å². The zero-order chi connectivity index (χ0) is 22.3. The minimum atomic E-state index is -0.503. The molecule has 1 aliphatic heterocycles. The summed E-state index contributed by atoms with van der Waals surface area (Å²) in [5.41, 5.74) is 4.43. The van der Waals surface area contributed by atoms with Crippen LogP contribution in [-0.4, -0.2) is 10.9 Å². The van der Waals surface area contributed by atoms with Crippen LogP contribution in [0.15, 0.2) is 107 Å². The Morgan fingerprint density at radius 2 is 1.81 bits per heavy atom. The zero-order valence-electron chi connectivity index (χ0n) is 17.6. The van der Waals surface area contributed by atoms with Gasteiger partial charge in [-0.3, -0.25) is 9.78 Å². The number of nitriles is 1. The minimum absolute atomic E-state index is 0.241. The van der Waals surface area contributed by atoms with Crippen LogP contribution in [0.4, 0.5) is 5.69 Å². The van der Waals surface area contributed by atoms with Crippen molar-refractivity contribution < 1.29 is 4.79 Å². The number of carbonyl (C=O) groups excluding carboxylic acids is 1. The second-order valence-corrected chi connectivity index (χ2v) is 8.32. The number of amides is 1. The maximum absolute atomic E-state index is 13.3. The van der Waals surface area contributed by atoms with E-state index in [1.165, 1.54) is 0 Å². The van der Waals surface area contributed by atoms with Crippen molar-refractivity contribution in [2.75, 3.05) is 5.32 Å². The second-order valence-electron chi connectivity index (χ2n) is 7.33. The van der Waals surface area contributed by atoms with Crippen LogP contribution < -0.4 is 10.6 Å². The van der Waals surface area contributed by atoms with Gasteiger partial charge < -0.3 is 10.6 Å². The third-order valence-corrected chi connectivity index (χ3v) is 6.26. The number of pyridine rings is 1. The van der Waals surface area contributed by atoms with Gasteiger partial charge in [-0.2, -0.15) is 5.26 Å². The van der Waals surface area contributed by atoms with Gasteiger partial charge in [0, 0.05) is 35.1 Å². The van der Waals surface area contributed by atoms with E-state index in [1.54, 1.807) is 24.2 Å². The molecule has 2 N–H and O–H groups in total. The molecule has 0 saturated heterocycles. The van der Waals surface area contributed by atoms with E-state index in [4.69, 9.17) is 0 Å². The number of hydrogen-bond donors (Lipinski definition) is 2. The van der Waals surface area contributed by atoms with Crippen molar-refractivity contribution in [3.8, 4) is 6.07 Å². The molecule has 0 spiro atoms. The van der Waals surface area contributed by atoms with Crippen LogP contribution in [0.25, 0.3) is 0 Å². The summed E-state index contributed by atoms with van der Waals surface area (Å²) < 4.78 is 0. The smallest absolute Gasteiger partial charge is 0.254 e. The van der Waals surface area contributed by atoms with Gasteiger partial charge in [0.25, 0.3) is 5.91 Å². The number of dihydropyridines is 1. The molecule has 4 rings (SSSR count). The average molecular weight is 439 g/mol. The highest BCUT2D eigenvalue weighted by molar-refractivity contribution is 8.02. The van der Waals surface area contributed by atoms with E-state index in [0.717, 1.165) is 21.9 Å². The molecule has 1 atom stereocenters. The number of aromatic nitrogens is 1. The Kier molecular flexibility index (Phi) is 6.69. The first-order valence-electron chi connectivity index (χ1n) is 10.2. The van der Waals surface area contributed by atoms with Gasteiger partial charge in [-0.25, -0.2) is 0 Å². The van der Waals surface area contributed by atoms with E-state index in [2.05, 4.69) is 33.8 Å². The van der Waals surface area contributed by atoms with Crippen molar-refractivity contribution in [1.82, 2.24) is 10.3 Å². The Bertz CT molecular complexity index is 1200. The molecule has 158 valence electrons. The second kappa shape index (κ2) is 9.99. The van der Waals surface area contributed by atoms with Gasteiger partial charge in [-0.15, -0.1) is 11.8 Å². The van der Waals surface area contributed by atoms with Gasteiger partial charge in [0.1, 0.15) is 0 Å². The third kappa shape index (κ3) is 4.74. The van der Waals surface area contributed by atoms with Crippen LogP contribution in [-0.2, 0) is 10.5 Å². The quantitative estimate of drug-likeness (QED) is 0.542. The molecule has 0 saturated carbocycles. The van der Waals surface area contributed by atoms with Crippen molar-refractivity contribution in [2.24, 2.45) is 0 Å². The van der Waals surface area contributed by atoms with E-state index < -0.39 is 5.92 Å². The molecule has 32 heavy (non-hydrogen) atoms. The molecule has 1 amide bonds. The summed E-state index contributed by atoms with van der Waals surface area (Å²) in [4.78, 5) is 17.6. The number of thioether (sulfide) groups is 1. The summed E-state index contributed by atoms with van der Waals surface area (Å²) in [7, 11) is 0. The number of para-hydroxylation sites is 1.